The first kappa shape index (κ1) is 18.2. The number of hydrogen-bond donors (Lipinski definition) is 0. The van der Waals surface area contributed by atoms with Crippen LogP contribution in [-0.2, 0) is 12.8 Å². The van der Waals surface area contributed by atoms with Gasteiger partial charge < -0.3 is 0 Å². The molecule has 0 unspecified atom stereocenters. The molecule has 0 radical (unpaired) electrons. The number of tetrazole rings is 1. The highest BCUT2D eigenvalue weighted by Gasteiger charge is 2.17. The van der Waals surface area contributed by atoms with Crippen molar-refractivity contribution in [1.82, 2.24) is 29.8 Å². The molecule has 1 aromatic carbocycles. The van der Waals surface area contributed by atoms with E-state index in [0.717, 1.165) is 21.0 Å². The smallest absolute Gasteiger partial charge is 0.263 e. The second kappa shape index (κ2) is 7.54. The zero-order chi connectivity index (χ0) is 19.8. The molecule has 0 spiro atoms. The van der Waals surface area contributed by atoms with Crippen LogP contribution in [0.4, 0.5) is 0 Å². The molecular formula is C19H14N6OS3. The summed E-state index contributed by atoms with van der Waals surface area (Å²) < 4.78 is 3.30. The molecule has 0 aliphatic carbocycles. The number of hydrogen-bond acceptors (Lipinski definition) is 8. The van der Waals surface area contributed by atoms with Crippen LogP contribution >= 0.6 is 34.4 Å². The van der Waals surface area contributed by atoms with Crippen LogP contribution in [-0.4, -0.2) is 29.8 Å². The number of thioether (sulfide) groups is 1. The molecule has 0 bridgehead atoms. The highest BCUT2D eigenvalue weighted by atomic mass is 32.2. The minimum atomic E-state index is -0.0372. The molecule has 7 nitrogen and oxygen atoms in total. The highest BCUT2D eigenvalue weighted by molar-refractivity contribution is 7.98. The van der Waals surface area contributed by atoms with Crippen molar-refractivity contribution in [3.8, 4) is 16.1 Å². The van der Waals surface area contributed by atoms with Crippen molar-refractivity contribution in [3.63, 3.8) is 0 Å². The van der Waals surface area contributed by atoms with E-state index in [0.29, 0.717) is 22.1 Å². The van der Waals surface area contributed by atoms with Crippen molar-refractivity contribution >= 4 is 44.7 Å². The van der Waals surface area contributed by atoms with Gasteiger partial charge in [0.1, 0.15) is 4.83 Å². The number of aromatic nitrogens is 6. The first-order chi connectivity index (χ1) is 14.2. The number of thiophene rings is 2. The van der Waals surface area contributed by atoms with Crippen molar-refractivity contribution in [2.24, 2.45) is 7.05 Å². The highest BCUT2D eigenvalue weighted by Crippen LogP contribution is 2.34. The van der Waals surface area contributed by atoms with E-state index >= 15 is 0 Å². The van der Waals surface area contributed by atoms with Crippen molar-refractivity contribution in [2.45, 2.75) is 10.9 Å². The molecule has 0 aliphatic rings. The topological polar surface area (TPSA) is 78.5 Å². The van der Waals surface area contributed by atoms with E-state index in [9.17, 15) is 4.79 Å². The normalized spacial score (nSPS) is 11.3. The lowest BCUT2D eigenvalue weighted by molar-refractivity contribution is 0.726. The van der Waals surface area contributed by atoms with E-state index < -0.39 is 0 Å². The van der Waals surface area contributed by atoms with Crippen molar-refractivity contribution in [1.29, 1.82) is 0 Å². The zero-order valence-electron chi connectivity index (χ0n) is 15.2. The van der Waals surface area contributed by atoms with E-state index in [2.05, 4.69) is 15.5 Å². The van der Waals surface area contributed by atoms with Crippen LogP contribution in [0.3, 0.4) is 0 Å². The zero-order valence-corrected chi connectivity index (χ0v) is 17.7. The lowest BCUT2D eigenvalue weighted by atomic mass is 10.2. The molecule has 10 heteroatoms. The quantitative estimate of drug-likeness (QED) is 0.305. The molecule has 0 aliphatic heterocycles. The predicted molar refractivity (Wildman–Crippen MR) is 117 cm³/mol. The van der Waals surface area contributed by atoms with E-state index in [4.69, 9.17) is 4.98 Å². The fourth-order valence-electron chi connectivity index (χ4n) is 2.99. The number of fused-ring (bicyclic) bond motifs is 1. The number of para-hydroxylation sites is 1. The van der Waals surface area contributed by atoms with Gasteiger partial charge in [0.25, 0.3) is 5.56 Å². The van der Waals surface area contributed by atoms with Crippen LogP contribution < -0.4 is 5.56 Å². The molecule has 0 saturated carbocycles. The summed E-state index contributed by atoms with van der Waals surface area (Å²) in [6, 6.07) is 13.7. The summed E-state index contributed by atoms with van der Waals surface area (Å²) in [5.74, 6) is 1.19. The summed E-state index contributed by atoms with van der Waals surface area (Å²) in [4.78, 5) is 19.6. The minimum absolute atomic E-state index is 0.0372. The number of rotatable bonds is 5. The maximum Gasteiger partial charge on any atom is 0.263 e. The fraction of sp³-hybridized carbons (Fsp3) is 0.105. The maximum atomic E-state index is 13.1. The van der Waals surface area contributed by atoms with Gasteiger partial charge in [-0.25, -0.2) is 4.98 Å². The molecule has 29 heavy (non-hydrogen) atoms. The van der Waals surface area contributed by atoms with Gasteiger partial charge in [-0.15, -0.1) is 27.8 Å². The van der Waals surface area contributed by atoms with Crippen LogP contribution in [0.1, 0.15) is 5.82 Å². The Labute approximate surface area is 177 Å². The average molecular weight is 439 g/mol. The summed E-state index contributed by atoms with van der Waals surface area (Å²) in [6.45, 7) is 0. The van der Waals surface area contributed by atoms with Gasteiger partial charge in [-0.3, -0.25) is 9.36 Å². The molecule has 0 N–H and O–H groups in total. The molecule has 4 heterocycles. The van der Waals surface area contributed by atoms with Crippen molar-refractivity contribution in [3.05, 3.63) is 69.4 Å². The Kier molecular flexibility index (Phi) is 4.74. The van der Waals surface area contributed by atoms with E-state index in [-0.39, 0.29) is 5.56 Å². The van der Waals surface area contributed by atoms with Gasteiger partial charge in [0.15, 0.2) is 11.0 Å². The summed E-state index contributed by atoms with van der Waals surface area (Å²) >= 11 is 4.57. The van der Waals surface area contributed by atoms with Crippen LogP contribution in [0, 0.1) is 0 Å². The third-order valence-corrected chi connectivity index (χ3v) is 7.23. The monoisotopic (exact) mass is 438 g/mol. The molecule has 0 atom stereocenters. The third kappa shape index (κ3) is 3.28. The van der Waals surface area contributed by atoms with Gasteiger partial charge in [-0.05, 0) is 34.0 Å². The third-order valence-electron chi connectivity index (χ3n) is 4.43. The maximum absolute atomic E-state index is 13.1. The molecule has 0 fully saturated rings. The Hall–Kier alpha value is -2.82. The first-order valence-corrected chi connectivity index (χ1v) is 11.4. The molecule has 5 aromatic rings. The van der Waals surface area contributed by atoms with Crippen molar-refractivity contribution < 1.29 is 0 Å². The summed E-state index contributed by atoms with van der Waals surface area (Å²) in [5.41, 5.74) is 1.81. The first-order valence-electron chi connectivity index (χ1n) is 8.70. The molecular weight excluding hydrogens is 424 g/mol. The van der Waals surface area contributed by atoms with E-state index in [1.54, 1.807) is 27.6 Å². The second-order valence-electron chi connectivity index (χ2n) is 6.20. The summed E-state index contributed by atoms with van der Waals surface area (Å²) in [7, 11) is 1.76. The SMILES string of the molecule is Cn1c(SCc2nnnn2-c2ccccc2)nc2scc(-c3cccs3)c2c1=O. The van der Waals surface area contributed by atoms with Gasteiger partial charge in [-0.1, -0.05) is 36.0 Å². The molecule has 4 aromatic heterocycles. The standard InChI is InChI=1S/C19H14N6OS3/c1-24-18(26)16-13(14-8-5-9-27-14)10-28-17(16)20-19(24)29-11-15-21-22-23-25(15)12-6-3-2-4-7-12/h2-10H,11H2,1H3. The number of benzene rings is 1. The van der Waals surface area contributed by atoms with Gasteiger partial charge in [0.2, 0.25) is 0 Å². The lowest BCUT2D eigenvalue weighted by Crippen LogP contribution is -2.19. The van der Waals surface area contributed by atoms with Gasteiger partial charge in [0, 0.05) is 22.9 Å². The van der Waals surface area contributed by atoms with E-state index in [1.807, 2.05) is 53.2 Å². The largest absolute Gasteiger partial charge is 0.290 e. The van der Waals surface area contributed by atoms with Gasteiger partial charge >= 0.3 is 0 Å². The number of nitrogens with zero attached hydrogens (tertiary/aromatic N) is 6. The lowest BCUT2D eigenvalue weighted by Gasteiger charge is -2.08. The van der Waals surface area contributed by atoms with Crippen LogP contribution in [0.15, 0.2) is 63.2 Å². The van der Waals surface area contributed by atoms with Crippen molar-refractivity contribution in [2.75, 3.05) is 0 Å². The summed E-state index contributed by atoms with van der Waals surface area (Å²) in [5, 5.41) is 17.3. The molecule has 5 rings (SSSR count). The molecule has 0 saturated heterocycles. The van der Waals surface area contributed by atoms with Gasteiger partial charge in [0.05, 0.1) is 16.8 Å². The van der Waals surface area contributed by atoms with Crippen LogP contribution in [0.25, 0.3) is 26.3 Å². The Morgan fingerprint density at radius 3 is 2.76 bits per heavy atom. The van der Waals surface area contributed by atoms with Crippen LogP contribution in [0.5, 0.6) is 0 Å². The average Bonchev–Trinajstić information content (AvgIpc) is 3.50. The Bertz CT molecular complexity index is 1340. The van der Waals surface area contributed by atoms with Crippen LogP contribution in [0.2, 0.25) is 0 Å². The van der Waals surface area contributed by atoms with Gasteiger partial charge in [-0.2, -0.15) is 4.68 Å². The Balaban J connectivity index is 1.48. The molecule has 144 valence electrons. The Morgan fingerprint density at radius 2 is 1.97 bits per heavy atom. The second-order valence-corrected chi connectivity index (χ2v) is 8.94. The minimum Gasteiger partial charge on any atom is -0.290 e. The van der Waals surface area contributed by atoms with E-state index in [1.165, 1.54) is 23.1 Å². The Morgan fingerprint density at radius 1 is 1.10 bits per heavy atom. The molecule has 0 amide bonds. The fourth-order valence-corrected chi connectivity index (χ4v) is 5.67. The summed E-state index contributed by atoms with van der Waals surface area (Å²) in [6.07, 6.45) is 0. The predicted octanol–water partition coefficient (Wildman–Crippen LogP) is 3.99.